The van der Waals surface area contributed by atoms with Gasteiger partial charge in [-0.3, -0.25) is 5.10 Å². The molecule has 2 heterocycles. The highest BCUT2D eigenvalue weighted by Crippen LogP contribution is 2.36. The highest BCUT2D eigenvalue weighted by molar-refractivity contribution is 6.32. The quantitative estimate of drug-likeness (QED) is 0.448. The summed E-state index contributed by atoms with van der Waals surface area (Å²) in [6.45, 7) is 3.86. The Bertz CT molecular complexity index is 1050. The minimum Gasteiger partial charge on any atom is -0.393 e. The number of benzene rings is 1. The smallest absolute Gasteiger partial charge is 0.229 e. The van der Waals surface area contributed by atoms with Gasteiger partial charge in [-0.2, -0.15) is 10.1 Å². The fourth-order valence-corrected chi connectivity index (χ4v) is 4.00. The predicted molar refractivity (Wildman–Crippen MR) is 115 cm³/mol. The van der Waals surface area contributed by atoms with Gasteiger partial charge in [0.2, 0.25) is 5.95 Å². The molecule has 1 aliphatic carbocycles. The number of aliphatic hydroxyl groups is 1. The Morgan fingerprint density at radius 1 is 1.13 bits per heavy atom. The lowest BCUT2D eigenvalue weighted by molar-refractivity contribution is 0.122. The number of hydrogen-bond donors (Lipinski definition) is 4. The van der Waals surface area contributed by atoms with Crippen molar-refractivity contribution in [1.29, 1.82) is 0 Å². The van der Waals surface area contributed by atoms with Crippen molar-refractivity contribution in [1.82, 2.24) is 20.2 Å². The van der Waals surface area contributed by atoms with Crippen LogP contribution in [-0.2, 0) is 0 Å². The molecule has 0 unspecified atom stereocenters. The Hall–Kier alpha value is -2.71. The second-order valence-corrected chi connectivity index (χ2v) is 8.18. The minimum atomic E-state index is -0.363. The SMILES string of the molecule is Cc1cc(Nc2nc(Nc3cc(C)c([C@H]4CC[C@H](O)CC4)cc3F)ncc2Cl)n[nH]1. The number of nitrogens with one attached hydrogen (secondary N) is 3. The van der Waals surface area contributed by atoms with Crippen LogP contribution in [0.15, 0.2) is 24.4 Å². The first-order valence-electron chi connectivity index (χ1n) is 9.95. The number of halogens is 2. The third-order valence-corrected chi connectivity index (χ3v) is 5.71. The monoisotopic (exact) mass is 430 g/mol. The average molecular weight is 431 g/mol. The van der Waals surface area contributed by atoms with E-state index >= 15 is 0 Å². The highest BCUT2D eigenvalue weighted by atomic mass is 35.5. The van der Waals surface area contributed by atoms with Crippen molar-refractivity contribution in [3.05, 3.63) is 52.1 Å². The molecule has 0 spiro atoms. The van der Waals surface area contributed by atoms with E-state index in [0.717, 1.165) is 42.5 Å². The van der Waals surface area contributed by atoms with Crippen LogP contribution in [0.5, 0.6) is 0 Å². The first-order valence-corrected chi connectivity index (χ1v) is 10.3. The standard InChI is InChI=1S/C21H24ClFN6O/c1-11-7-18(17(23)9-15(11)13-3-5-14(30)6-4-13)25-21-24-10-16(22)20(27-21)26-19-8-12(2)28-29-19/h7-10,13-14,30H,3-6H2,1-2H3,(H3,24,25,26,27,28,29)/t13-,14-. The van der Waals surface area contributed by atoms with E-state index in [1.807, 2.05) is 19.9 Å². The van der Waals surface area contributed by atoms with E-state index in [9.17, 15) is 9.50 Å². The van der Waals surface area contributed by atoms with Crippen LogP contribution in [0, 0.1) is 19.7 Å². The van der Waals surface area contributed by atoms with Crippen molar-refractivity contribution >= 4 is 34.9 Å². The van der Waals surface area contributed by atoms with Crippen molar-refractivity contribution in [2.24, 2.45) is 0 Å². The zero-order valence-electron chi connectivity index (χ0n) is 16.8. The van der Waals surface area contributed by atoms with Crippen LogP contribution < -0.4 is 10.6 Å². The van der Waals surface area contributed by atoms with Gasteiger partial charge in [0, 0.05) is 11.8 Å². The molecule has 0 aliphatic heterocycles. The number of anilines is 4. The van der Waals surface area contributed by atoms with Gasteiger partial charge in [-0.25, -0.2) is 9.37 Å². The lowest BCUT2D eigenvalue weighted by atomic mass is 9.81. The van der Waals surface area contributed by atoms with Crippen molar-refractivity contribution in [2.45, 2.75) is 51.6 Å². The number of rotatable bonds is 5. The minimum absolute atomic E-state index is 0.223. The fraction of sp³-hybridized carbons (Fsp3) is 0.381. The summed E-state index contributed by atoms with van der Waals surface area (Å²) in [5.41, 5.74) is 3.19. The Morgan fingerprint density at radius 2 is 1.90 bits per heavy atom. The first kappa shape index (κ1) is 20.6. The van der Waals surface area contributed by atoms with Gasteiger partial charge in [-0.15, -0.1) is 0 Å². The molecule has 7 nitrogen and oxygen atoms in total. The number of H-pyrrole nitrogens is 1. The summed E-state index contributed by atoms with van der Waals surface area (Å²) >= 11 is 6.18. The van der Waals surface area contributed by atoms with E-state index in [1.165, 1.54) is 6.20 Å². The molecule has 0 radical (unpaired) electrons. The molecular weight excluding hydrogens is 407 g/mol. The molecule has 4 N–H and O–H groups in total. The molecule has 0 bridgehead atoms. The number of aryl methyl sites for hydroxylation is 2. The number of nitrogens with zero attached hydrogens (tertiary/aromatic N) is 3. The molecule has 0 saturated heterocycles. The van der Waals surface area contributed by atoms with E-state index in [2.05, 4.69) is 30.8 Å². The third-order valence-electron chi connectivity index (χ3n) is 5.44. The van der Waals surface area contributed by atoms with E-state index in [1.54, 1.807) is 12.1 Å². The van der Waals surface area contributed by atoms with Gasteiger partial charge < -0.3 is 15.7 Å². The second kappa shape index (κ2) is 8.57. The molecule has 4 rings (SSSR count). The molecular formula is C21H24ClFN6O. The molecule has 1 saturated carbocycles. The van der Waals surface area contributed by atoms with E-state index in [4.69, 9.17) is 11.6 Å². The lowest BCUT2D eigenvalue weighted by Crippen LogP contribution is -2.17. The Balaban J connectivity index is 1.54. The molecule has 1 aliphatic rings. The van der Waals surface area contributed by atoms with Crippen LogP contribution in [0.25, 0.3) is 0 Å². The van der Waals surface area contributed by atoms with Gasteiger partial charge in [0.05, 0.1) is 18.0 Å². The number of aromatic amines is 1. The van der Waals surface area contributed by atoms with Gasteiger partial charge in [-0.1, -0.05) is 11.6 Å². The van der Waals surface area contributed by atoms with Crippen molar-refractivity contribution in [3.63, 3.8) is 0 Å². The van der Waals surface area contributed by atoms with Gasteiger partial charge in [0.1, 0.15) is 10.8 Å². The second-order valence-electron chi connectivity index (χ2n) is 7.77. The van der Waals surface area contributed by atoms with E-state index in [-0.39, 0.29) is 23.8 Å². The highest BCUT2D eigenvalue weighted by Gasteiger charge is 2.23. The Morgan fingerprint density at radius 3 is 2.60 bits per heavy atom. The zero-order chi connectivity index (χ0) is 21.3. The summed E-state index contributed by atoms with van der Waals surface area (Å²) in [5.74, 6) is 1.08. The molecule has 1 aromatic carbocycles. The average Bonchev–Trinajstić information content (AvgIpc) is 3.12. The maximum absolute atomic E-state index is 14.9. The number of hydrogen-bond acceptors (Lipinski definition) is 6. The maximum atomic E-state index is 14.9. The number of aliphatic hydroxyl groups excluding tert-OH is 1. The van der Waals surface area contributed by atoms with Gasteiger partial charge in [0.15, 0.2) is 11.6 Å². The van der Waals surface area contributed by atoms with Crippen LogP contribution in [0.4, 0.5) is 27.7 Å². The topological polar surface area (TPSA) is 98.8 Å². The van der Waals surface area contributed by atoms with E-state index in [0.29, 0.717) is 22.3 Å². The summed E-state index contributed by atoms with van der Waals surface area (Å²) in [6, 6.07) is 5.18. The largest absolute Gasteiger partial charge is 0.393 e. The normalized spacial score (nSPS) is 19.0. The lowest BCUT2D eigenvalue weighted by Gasteiger charge is -2.27. The van der Waals surface area contributed by atoms with Crippen LogP contribution in [-0.4, -0.2) is 31.4 Å². The third kappa shape index (κ3) is 4.55. The van der Waals surface area contributed by atoms with Crippen molar-refractivity contribution in [2.75, 3.05) is 10.6 Å². The molecule has 30 heavy (non-hydrogen) atoms. The van der Waals surface area contributed by atoms with Crippen LogP contribution in [0.3, 0.4) is 0 Å². The van der Waals surface area contributed by atoms with Crippen molar-refractivity contribution in [3.8, 4) is 0 Å². The molecule has 2 aromatic heterocycles. The Kier molecular flexibility index (Phi) is 5.87. The summed E-state index contributed by atoms with van der Waals surface area (Å²) in [4.78, 5) is 8.51. The zero-order valence-corrected chi connectivity index (χ0v) is 17.6. The van der Waals surface area contributed by atoms with Gasteiger partial charge in [-0.05, 0) is 68.7 Å². The molecule has 9 heteroatoms. The molecule has 0 atom stereocenters. The molecule has 3 aromatic rings. The predicted octanol–water partition coefficient (Wildman–Crippen LogP) is 5.11. The van der Waals surface area contributed by atoms with Gasteiger partial charge >= 0.3 is 0 Å². The van der Waals surface area contributed by atoms with Crippen LogP contribution in [0.2, 0.25) is 5.02 Å². The van der Waals surface area contributed by atoms with Crippen LogP contribution in [0.1, 0.15) is 48.4 Å². The maximum Gasteiger partial charge on any atom is 0.229 e. The fourth-order valence-electron chi connectivity index (χ4n) is 3.86. The van der Waals surface area contributed by atoms with Gasteiger partial charge in [0.25, 0.3) is 0 Å². The molecule has 1 fully saturated rings. The first-order chi connectivity index (χ1) is 14.4. The number of aromatic nitrogens is 4. The van der Waals surface area contributed by atoms with E-state index < -0.39 is 0 Å². The summed E-state index contributed by atoms with van der Waals surface area (Å²) < 4.78 is 14.9. The molecule has 0 amide bonds. The summed E-state index contributed by atoms with van der Waals surface area (Å²) in [7, 11) is 0. The van der Waals surface area contributed by atoms with Crippen LogP contribution >= 0.6 is 11.6 Å². The Labute approximate surface area is 179 Å². The summed E-state index contributed by atoms with van der Waals surface area (Å²) in [6.07, 6.45) is 4.48. The molecule has 158 valence electrons. The summed E-state index contributed by atoms with van der Waals surface area (Å²) in [5, 5.41) is 22.9. The van der Waals surface area contributed by atoms with Crippen molar-refractivity contribution < 1.29 is 9.50 Å².